The van der Waals surface area contributed by atoms with Crippen LogP contribution < -0.4 is 15.0 Å². The number of halogens is 1. The largest absolute Gasteiger partial charge is 0.479 e. The number of piperidine rings is 1. The van der Waals surface area contributed by atoms with Gasteiger partial charge in [-0.05, 0) is 75.3 Å². The Bertz CT molecular complexity index is 926. The molecule has 2 amide bonds. The van der Waals surface area contributed by atoms with Crippen molar-refractivity contribution in [2.24, 2.45) is 0 Å². The van der Waals surface area contributed by atoms with Crippen molar-refractivity contribution in [1.82, 2.24) is 4.90 Å². The number of amides is 2. The standard InChI is InChI=1S/C23H26BrN3O3/c1-16-23(29)27(14-13-26-11-3-2-4-12-26)20-15-19(9-10-21(20)30-16)25-22(28)17-5-7-18(24)8-6-17/h5-10,15-16H,2-4,11-14H2,1H3,(H,25,28). The van der Waals surface area contributed by atoms with Gasteiger partial charge in [0.2, 0.25) is 0 Å². The van der Waals surface area contributed by atoms with Crippen molar-refractivity contribution < 1.29 is 14.3 Å². The fraction of sp³-hybridized carbons (Fsp3) is 0.391. The van der Waals surface area contributed by atoms with Crippen LogP contribution in [0.3, 0.4) is 0 Å². The van der Waals surface area contributed by atoms with Crippen molar-refractivity contribution in [3.63, 3.8) is 0 Å². The maximum Gasteiger partial charge on any atom is 0.267 e. The number of carbonyl (C=O) groups is 2. The number of ether oxygens (including phenoxy) is 1. The van der Waals surface area contributed by atoms with Crippen molar-refractivity contribution in [3.05, 3.63) is 52.5 Å². The van der Waals surface area contributed by atoms with Gasteiger partial charge >= 0.3 is 0 Å². The molecule has 0 spiro atoms. The number of nitrogens with zero attached hydrogens (tertiary/aromatic N) is 2. The molecule has 0 radical (unpaired) electrons. The summed E-state index contributed by atoms with van der Waals surface area (Å²) in [5, 5.41) is 2.92. The van der Waals surface area contributed by atoms with Gasteiger partial charge in [0, 0.05) is 28.8 Å². The second-order valence-corrected chi connectivity index (χ2v) is 8.71. The molecule has 1 fully saturated rings. The molecule has 0 aromatic heterocycles. The van der Waals surface area contributed by atoms with Crippen molar-refractivity contribution in [1.29, 1.82) is 0 Å². The van der Waals surface area contributed by atoms with E-state index in [9.17, 15) is 9.59 Å². The van der Waals surface area contributed by atoms with Gasteiger partial charge in [-0.3, -0.25) is 9.59 Å². The van der Waals surface area contributed by atoms with E-state index in [-0.39, 0.29) is 11.8 Å². The van der Waals surface area contributed by atoms with E-state index in [1.165, 1.54) is 19.3 Å². The lowest BCUT2D eigenvalue weighted by molar-refractivity contribution is -0.125. The molecule has 1 unspecified atom stereocenters. The van der Waals surface area contributed by atoms with Gasteiger partial charge in [-0.1, -0.05) is 22.4 Å². The predicted molar refractivity (Wildman–Crippen MR) is 121 cm³/mol. The minimum absolute atomic E-state index is 0.0455. The number of likely N-dealkylation sites (tertiary alicyclic amines) is 1. The number of anilines is 2. The quantitative estimate of drug-likeness (QED) is 0.705. The molecule has 1 atom stereocenters. The summed E-state index contributed by atoms with van der Waals surface area (Å²) in [6.07, 6.45) is 3.21. The van der Waals surface area contributed by atoms with Crippen LogP contribution in [0.5, 0.6) is 5.75 Å². The Balaban J connectivity index is 1.52. The Hall–Kier alpha value is -2.38. The SMILES string of the molecule is CC1Oc2ccc(NC(=O)c3ccc(Br)cc3)cc2N(CCN2CCCCC2)C1=O. The molecule has 2 aromatic rings. The molecule has 1 N–H and O–H groups in total. The topological polar surface area (TPSA) is 61.9 Å². The van der Waals surface area contributed by atoms with Gasteiger partial charge in [0.15, 0.2) is 6.10 Å². The van der Waals surface area contributed by atoms with Gasteiger partial charge in [-0.15, -0.1) is 0 Å². The van der Waals surface area contributed by atoms with Crippen LogP contribution in [0.1, 0.15) is 36.5 Å². The monoisotopic (exact) mass is 471 g/mol. The predicted octanol–water partition coefficient (Wildman–Crippen LogP) is 4.30. The van der Waals surface area contributed by atoms with Crippen LogP contribution in [0.4, 0.5) is 11.4 Å². The first-order valence-electron chi connectivity index (χ1n) is 10.4. The van der Waals surface area contributed by atoms with Crippen molar-refractivity contribution in [2.45, 2.75) is 32.3 Å². The van der Waals surface area contributed by atoms with Gasteiger partial charge in [0.1, 0.15) is 5.75 Å². The van der Waals surface area contributed by atoms with Gasteiger partial charge in [0.25, 0.3) is 11.8 Å². The lowest BCUT2D eigenvalue weighted by Crippen LogP contribution is -2.48. The number of fused-ring (bicyclic) bond motifs is 1. The molecule has 2 aliphatic heterocycles. The molecule has 4 rings (SSSR count). The summed E-state index contributed by atoms with van der Waals surface area (Å²) in [7, 11) is 0. The van der Waals surface area contributed by atoms with Crippen LogP contribution in [-0.4, -0.2) is 49.0 Å². The average molecular weight is 472 g/mol. The van der Waals surface area contributed by atoms with E-state index < -0.39 is 6.10 Å². The van der Waals surface area contributed by atoms with Crippen LogP contribution in [0.15, 0.2) is 46.9 Å². The Labute approximate surface area is 185 Å². The maximum absolute atomic E-state index is 12.8. The zero-order valence-corrected chi connectivity index (χ0v) is 18.7. The maximum atomic E-state index is 12.8. The third-order valence-electron chi connectivity index (χ3n) is 5.62. The molecule has 0 bridgehead atoms. The molecule has 6 nitrogen and oxygen atoms in total. The first-order chi connectivity index (χ1) is 14.5. The molecule has 158 valence electrons. The molecular formula is C23H26BrN3O3. The highest BCUT2D eigenvalue weighted by molar-refractivity contribution is 9.10. The normalized spacial score (nSPS) is 19.2. The molecular weight excluding hydrogens is 446 g/mol. The summed E-state index contributed by atoms with van der Waals surface area (Å²) in [5.74, 6) is 0.428. The van der Waals surface area contributed by atoms with Crippen LogP contribution in [-0.2, 0) is 4.79 Å². The molecule has 30 heavy (non-hydrogen) atoms. The average Bonchev–Trinajstić information content (AvgIpc) is 2.75. The van der Waals surface area contributed by atoms with Crippen molar-refractivity contribution in [3.8, 4) is 5.75 Å². The van der Waals surface area contributed by atoms with E-state index in [0.717, 1.165) is 24.1 Å². The molecule has 2 aromatic carbocycles. The van der Waals surface area contributed by atoms with Crippen LogP contribution in [0.25, 0.3) is 0 Å². The summed E-state index contributed by atoms with van der Waals surface area (Å²) in [6.45, 7) is 5.41. The molecule has 2 aliphatic rings. The number of hydrogen-bond acceptors (Lipinski definition) is 4. The highest BCUT2D eigenvalue weighted by atomic mass is 79.9. The zero-order valence-electron chi connectivity index (χ0n) is 17.1. The minimum Gasteiger partial charge on any atom is -0.479 e. The van der Waals surface area contributed by atoms with Gasteiger partial charge in [-0.25, -0.2) is 0 Å². The first-order valence-corrected chi connectivity index (χ1v) is 11.2. The number of hydrogen-bond donors (Lipinski definition) is 1. The third kappa shape index (κ3) is 4.68. The Kier molecular flexibility index (Phi) is 6.39. The smallest absolute Gasteiger partial charge is 0.267 e. The molecule has 0 saturated carbocycles. The Morgan fingerprint density at radius 2 is 1.83 bits per heavy atom. The molecule has 0 aliphatic carbocycles. The summed E-state index contributed by atoms with van der Waals surface area (Å²) < 4.78 is 6.72. The summed E-state index contributed by atoms with van der Waals surface area (Å²) in [4.78, 5) is 29.6. The van der Waals surface area contributed by atoms with Crippen LogP contribution >= 0.6 is 15.9 Å². The number of carbonyl (C=O) groups excluding carboxylic acids is 2. The van der Waals surface area contributed by atoms with Gasteiger partial charge in [0.05, 0.1) is 5.69 Å². The number of nitrogens with one attached hydrogen (secondary N) is 1. The van der Waals surface area contributed by atoms with E-state index in [2.05, 4.69) is 26.1 Å². The highest BCUT2D eigenvalue weighted by Crippen LogP contribution is 2.36. The Morgan fingerprint density at radius 1 is 1.10 bits per heavy atom. The van der Waals surface area contributed by atoms with E-state index in [1.807, 2.05) is 24.3 Å². The van der Waals surface area contributed by atoms with Gasteiger partial charge in [-0.2, -0.15) is 0 Å². The van der Waals surface area contributed by atoms with Gasteiger partial charge < -0.3 is 19.9 Å². The third-order valence-corrected chi connectivity index (χ3v) is 6.15. The second kappa shape index (κ2) is 9.18. The second-order valence-electron chi connectivity index (χ2n) is 7.80. The summed E-state index contributed by atoms with van der Waals surface area (Å²) >= 11 is 3.38. The van der Waals surface area contributed by atoms with E-state index in [0.29, 0.717) is 29.2 Å². The van der Waals surface area contributed by atoms with E-state index in [4.69, 9.17) is 4.74 Å². The van der Waals surface area contributed by atoms with Crippen molar-refractivity contribution in [2.75, 3.05) is 36.4 Å². The first kappa shape index (κ1) is 20.9. The fourth-order valence-corrected chi connectivity index (χ4v) is 4.21. The summed E-state index contributed by atoms with van der Waals surface area (Å²) in [5.41, 5.74) is 1.91. The van der Waals surface area contributed by atoms with E-state index in [1.54, 1.807) is 30.0 Å². The minimum atomic E-state index is -0.512. The number of rotatable bonds is 5. The fourth-order valence-electron chi connectivity index (χ4n) is 3.94. The lowest BCUT2D eigenvalue weighted by Gasteiger charge is -2.35. The number of benzene rings is 2. The zero-order chi connectivity index (χ0) is 21.1. The lowest BCUT2D eigenvalue weighted by atomic mass is 10.1. The molecule has 2 heterocycles. The molecule has 7 heteroatoms. The summed E-state index contributed by atoms with van der Waals surface area (Å²) in [6, 6.07) is 12.6. The van der Waals surface area contributed by atoms with E-state index >= 15 is 0 Å². The molecule has 1 saturated heterocycles. The highest BCUT2D eigenvalue weighted by Gasteiger charge is 2.32. The van der Waals surface area contributed by atoms with Crippen LogP contribution in [0.2, 0.25) is 0 Å². The van der Waals surface area contributed by atoms with Crippen molar-refractivity contribution >= 4 is 39.1 Å². The van der Waals surface area contributed by atoms with Crippen LogP contribution in [0, 0.1) is 0 Å². The Morgan fingerprint density at radius 3 is 2.57 bits per heavy atom.